The molecule has 0 saturated heterocycles. The number of pyridine rings is 1. The monoisotopic (exact) mass is 495 g/mol. The Morgan fingerprint density at radius 2 is 1.97 bits per heavy atom. The Balaban J connectivity index is 1.55. The molecule has 1 aliphatic heterocycles. The Morgan fingerprint density at radius 1 is 1.12 bits per heavy atom. The van der Waals surface area contributed by atoms with E-state index in [-0.39, 0.29) is 5.91 Å². The number of nitrogens with zero attached hydrogens (tertiary/aromatic N) is 3. The third-order valence-electron chi connectivity index (χ3n) is 5.46. The Morgan fingerprint density at radius 3 is 2.73 bits per heavy atom. The molecular formula is C25H19Cl2N3O2S. The second-order valence-corrected chi connectivity index (χ2v) is 9.79. The summed E-state index contributed by atoms with van der Waals surface area (Å²) < 4.78 is 5.88. The number of ether oxygens (including phenoxy) is 1. The predicted molar refractivity (Wildman–Crippen MR) is 133 cm³/mol. The van der Waals surface area contributed by atoms with Crippen LogP contribution in [0.5, 0.6) is 5.75 Å². The van der Waals surface area contributed by atoms with Crippen LogP contribution in [-0.2, 0) is 11.3 Å². The Hall–Kier alpha value is -2.93. The molecule has 0 spiro atoms. The minimum absolute atomic E-state index is 0.130. The fraction of sp³-hybridized carbons (Fsp3) is 0.160. The summed E-state index contributed by atoms with van der Waals surface area (Å²) in [5.74, 6) is 0.517. The van der Waals surface area contributed by atoms with Gasteiger partial charge in [-0.2, -0.15) is 0 Å². The van der Waals surface area contributed by atoms with Gasteiger partial charge in [-0.25, -0.2) is 4.98 Å². The number of amides is 1. The second kappa shape index (κ2) is 8.78. The zero-order valence-electron chi connectivity index (χ0n) is 17.9. The predicted octanol–water partition coefficient (Wildman–Crippen LogP) is 6.80. The summed E-state index contributed by atoms with van der Waals surface area (Å²) in [6.07, 6.45) is 1.17. The van der Waals surface area contributed by atoms with E-state index in [1.807, 2.05) is 49.4 Å². The van der Waals surface area contributed by atoms with Crippen LogP contribution in [0.25, 0.3) is 22.0 Å². The third kappa shape index (κ3) is 4.22. The average molecular weight is 496 g/mol. The fourth-order valence-electron chi connectivity index (χ4n) is 3.80. The zero-order chi connectivity index (χ0) is 23.1. The molecule has 1 unspecified atom stereocenters. The molecule has 0 fully saturated rings. The standard InChI is InChI=1S/C25H19Cl2N3O2S/c1-14-25(31)30(13-17-6-8-18(26)12-19(17)27)21-11-16(7-9-22(21)32-14)23-15(2)33-24(29-23)20-5-3-4-10-28-20/h3-12,14H,13H2,1-2H3. The lowest BCUT2D eigenvalue weighted by Crippen LogP contribution is -2.44. The first-order valence-electron chi connectivity index (χ1n) is 10.4. The Kier molecular flexibility index (Phi) is 5.83. The number of hydrogen-bond acceptors (Lipinski definition) is 5. The van der Waals surface area contributed by atoms with Crippen LogP contribution >= 0.6 is 34.5 Å². The molecule has 0 saturated carbocycles. The summed E-state index contributed by atoms with van der Waals surface area (Å²) in [4.78, 5) is 25.1. The number of fused-ring (bicyclic) bond motifs is 1. The number of benzene rings is 2. The lowest BCUT2D eigenvalue weighted by molar-refractivity contribution is -0.125. The van der Waals surface area contributed by atoms with Gasteiger partial charge in [-0.3, -0.25) is 9.78 Å². The molecule has 5 rings (SSSR count). The Labute approximate surface area is 205 Å². The van der Waals surface area contributed by atoms with Gasteiger partial charge < -0.3 is 9.64 Å². The molecule has 5 nitrogen and oxygen atoms in total. The molecule has 1 aliphatic rings. The SMILES string of the molecule is Cc1sc(-c2ccccn2)nc1-c1ccc2c(c1)N(Cc1ccc(Cl)cc1Cl)C(=O)C(C)O2. The quantitative estimate of drug-likeness (QED) is 0.312. The lowest BCUT2D eigenvalue weighted by Gasteiger charge is -2.33. The molecule has 166 valence electrons. The first kappa shape index (κ1) is 21.9. The highest BCUT2D eigenvalue weighted by Gasteiger charge is 2.32. The van der Waals surface area contributed by atoms with Crippen molar-refractivity contribution in [2.75, 3.05) is 4.90 Å². The van der Waals surface area contributed by atoms with Gasteiger partial charge in [0.25, 0.3) is 5.91 Å². The van der Waals surface area contributed by atoms with Crippen LogP contribution in [0.15, 0.2) is 60.8 Å². The number of carbonyl (C=O) groups is 1. The minimum Gasteiger partial charge on any atom is -0.479 e. The molecule has 2 aromatic carbocycles. The van der Waals surface area contributed by atoms with E-state index in [1.54, 1.807) is 41.5 Å². The summed E-state index contributed by atoms with van der Waals surface area (Å²) in [6, 6.07) is 16.9. The van der Waals surface area contributed by atoms with Gasteiger partial charge in [0, 0.05) is 26.7 Å². The van der Waals surface area contributed by atoms with Gasteiger partial charge in [0.05, 0.1) is 23.6 Å². The van der Waals surface area contributed by atoms with Gasteiger partial charge in [-0.1, -0.05) is 35.3 Å². The first-order chi connectivity index (χ1) is 15.9. The van der Waals surface area contributed by atoms with E-state index in [0.717, 1.165) is 32.4 Å². The summed E-state index contributed by atoms with van der Waals surface area (Å²) in [7, 11) is 0. The maximum atomic E-state index is 13.1. The molecular weight excluding hydrogens is 477 g/mol. The van der Waals surface area contributed by atoms with Gasteiger partial charge in [-0.15, -0.1) is 11.3 Å². The topological polar surface area (TPSA) is 55.3 Å². The number of halogens is 2. The van der Waals surface area contributed by atoms with Gasteiger partial charge in [0.1, 0.15) is 10.8 Å². The highest BCUT2D eigenvalue weighted by Crippen LogP contribution is 2.41. The number of carbonyl (C=O) groups excluding carboxylic acids is 1. The number of thiazole rings is 1. The van der Waals surface area contributed by atoms with Crippen molar-refractivity contribution in [1.29, 1.82) is 0 Å². The van der Waals surface area contributed by atoms with E-state index < -0.39 is 6.10 Å². The molecule has 8 heteroatoms. The van der Waals surface area contributed by atoms with Crippen LogP contribution < -0.4 is 9.64 Å². The van der Waals surface area contributed by atoms with Crippen molar-refractivity contribution in [3.8, 4) is 27.7 Å². The van der Waals surface area contributed by atoms with Crippen molar-refractivity contribution in [1.82, 2.24) is 9.97 Å². The summed E-state index contributed by atoms with van der Waals surface area (Å²) in [5.41, 5.74) is 4.10. The van der Waals surface area contributed by atoms with Gasteiger partial charge in [0.2, 0.25) is 0 Å². The van der Waals surface area contributed by atoms with Crippen LogP contribution in [0, 0.1) is 6.92 Å². The van der Waals surface area contributed by atoms with E-state index in [1.165, 1.54) is 0 Å². The Bertz CT molecular complexity index is 1360. The van der Waals surface area contributed by atoms with Crippen LogP contribution in [0.3, 0.4) is 0 Å². The van der Waals surface area contributed by atoms with Crippen molar-refractivity contribution in [2.45, 2.75) is 26.5 Å². The molecule has 3 heterocycles. The fourth-order valence-corrected chi connectivity index (χ4v) is 5.18. The van der Waals surface area contributed by atoms with Crippen molar-refractivity contribution in [2.24, 2.45) is 0 Å². The molecule has 0 radical (unpaired) electrons. The first-order valence-corrected chi connectivity index (χ1v) is 11.9. The number of hydrogen-bond donors (Lipinski definition) is 0. The smallest absolute Gasteiger partial charge is 0.268 e. The van der Waals surface area contributed by atoms with E-state index >= 15 is 0 Å². The van der Waals surface area contributed by atoms with Crippen LogP contribution in [0.1, 0.15) is 17.4 Å². The largest absolute Gasteiger partial charge is 0.479 e. The van der Waals surface area contributed by atoms with Gasteiger partial charge in [-0.05, 0) is 61.9 Å². The van der Waals surface area contributed by atoms with E-state index in [9.17, 15) is 4.79 Å². The van der Waals surface area contributed by atoms with Crippen molar-refractivity contribution >= 4 is 46.1 Å². The minimum atomic E-state index is -0.591. The zero-order valence-corrected chi connectivity index (χ0v) is 20.2. The maximum absolute atomic E-state index is 13.1. The number of aromatic nitrogens is 2. The second-order valence-electron chi connectivity index (χ2n) is 7.74. The molecule has 0 N–H and O–H groups in total. The normalized spacial score (nSPS) is 15.3. The van der Waals surface area contributed by atoms with E-state index in [2.05, 4.69) is 4.98 Å². The van der Waals surface area contributed by atoms with Crippen LogP contribution in [-0.4, -0.2) is 22.0 Å². The number of rotatable bonds is 4. The highest BCUT2D eigenvalue weighted by atomic mass is 35.5. The van der Waals surface area contributed by atoms with E-state index in [0.29, 0.717) is 28.0 Å². The van der Waals surface area contributed by atoms with Crippen molar-refractivity contribution in [3.05, 3.63) is 81.3 Å². The van der Waals surface area contributed by atoms with Crippen LogP contribution in [0.2, 0.25) is 10.0 Å². The summed E-state index contributed by atoms with van der Waals surface area (Å²) >= 11 is 14.0. The molecule has 33 heavy (non-hydrogen) atoms. The summed E-state index contributed by atoms with van der Waals surface area (Å²) in [6.45, 7) is 4.10. The lowest BCUT2D eigenvalue weighted by atomic mass is 10.1. The van der Waals surface area contributed by atoms with Gasteiger partial charge in [0.15, 0.2) is 6.10 Å². The number of anilines is 1. The molecule has 1 atom stereocenters. The van der Waals surface area contributed by atoms with Crippen molar-refractivity contribution in [3.63, 3.8) is 0 Å². The third-order valence-corrected chi connectivity index (χ3v) is 7.05. The molecule has 2 aromatic heterocycles. The highest BCUT2D eigenvalue weighted by molar-refractivity contribution is 7.15. The molecule has 4 aromatic rings. The van der Waals surface area contributed by atoms with Crippen molar-refractivity contribution < 1.29 is 9.53 Å². The maximum Gasteiger partial charge on any atom is 0.268 e. The average Bonchev–Trinajstić information content (AvgIpc) is 3.20. The molecule has 0 bridgehead atoms. The van der Waals surface area contributed by atoms with Crippen LogP contribution in [0.4, 0.5) is 5.69 Å². The molecule has 1 amide bonds. The summed E-state index contributed by atoms with van der Waals surface area (Å²) in [5, 5.41) is 1.92. The number of aryl methyl sites for hydroxylation is 1. The van der Waals surface area contributed by atoms with E-state index in [4.69, 9.17) is 32.9 Å². The van der Waals surface area contributed by atoms with Gasteiger partial charge >= 0.3 is 0 Å². The molecule has 0 aliphatic carbocycles.